The molecule has 0 aliphatic carbocycles. The number of para-hydroxylation sites is 1. The topological polar surface area (TPSA) is 35.5 Å². The second-order valence-corrected chi connectivity index (χ2v) is 4.00. The first kappa shape index (κ1) is 13.7. The summed E-state index contributed by atoms with van der Waals surface area (Å²) in [5.41, 5.74) is 0.916. The third-order valence-electron chi connectivity index (χ3n) is 2.48. The van der Waals surface area contributed by atoms with Gasteiger partial charge in [0, 0.05) is 19.1 Å². The zero-order chi connectivity index (χ0) is 12.7. The molecular weight excluding hydrogens is 216 g/mol. The van der Waals surface area contributed by atoms with E-state index < -0.39 is 0 Å². The Kier molecular flexibility index (Phi) is 5.70. The van der Waals surface area contributed by atoms with Crippen LogP contribution in [0.4, 0.5) is 0 Å². The van der Waals surface area contributed by atoms with Gasteiger partial charge in [-0.15, -0.1) is 0 Å². The summed E-state index contributed by atoms with van der Waals surface area (Å²) in [5.74, 6) is 0.280. The van der Waals surface area contributed by atoms with Crippen LogP contribution in [0.3, 0.4) is 0 Å². The molecule has 1 rings (SSSR count). The van der Waals surface area contributed by atoms with Gasteiger partial charge in [0.15, 0.2) is 0 Å². The third kappa shape index (κ3) is 4.57. The number of unbranched alkanes of at least 4 members (excludes halogenated alkanes) is 1. The number of carbonyl (C=O) groups is 1. The predicted molar refractivity (Wildman–Crippen MR) is 67.0 cm³/mol. The van der Waals surface area contributed by atoms with Gasteiger partial charge in [-0.1, -0.05) is 31.5 Å². The van der Waals surface area contributed by atoms with Crippen LogP contribution in [0.5, 0.6) is 5.75 Å². The van der Waals surface area contributed by atoms with Gasteiger partial charge in [0.2, 0.25) is 0 Å². The van der Waals surface area contributed by atoms with E-state index >= 15 is 0 Å². The van der Waals surface area contributed by atoms with E-state index in [9.17, 15) is 4.79 Å². The SMILES string of the molecule is CCCCOC(C)c1ccccc1OC(C)=O. The smallest absolute Gasteiger partial charge is 0.308 e. The summed E-state index contributed by atoms with van der Waals surface area (Å²) in [6, 6.07) is 7.48. The van der Waals surface area contributed by atoms with Crippen molar-refractivity contribution in [2.24, 2.45) is 0 Å². The molecule has 0 radical (unpaired) electrons. The Morgan fingerprint density at radius 1 is 1.35 bits per heavy atom. The van der Waals surface area contributed by atoms with Crippen molar-refractivity contribution < 1.29 is 14.3 Å². The van der Waals surface area contributed by atoms with Crippen LogP contribution in [-0.4, -0.2) is 12.6 Å². The summed E-state index contributed by atoms with van der Waals surface area (Å²) in [6.45, 7) is 6.23. The highest BCUT2D eigenvalue weighted by Gasteiger charge is 2.12. The molecule has 94 valence electrons. The number of benzene rings is 1. The van der Waals surface area contributed by atoms with E-state index in [4.69, 9.17) is 9.47 Å². The second-order valence-electron chi connectivity index (χ2n) is 4.00. The molecule has 0 aromatic heterocycles. The third-order valence-corrected chi connectivity index (χ3v) is 2.48. The molecule has 0 heterocycles. The summed E-state index contributed by atoms with van der Waals surface area (Å²) in [7, 11) is 0. The van der Waals surface area contributed by atoms with Crippen molar-refractivity contribution in [2.45, 2.75) is 39.7 Å². The minimum Gasteiger partial charge on any atom is -0.426 e. The maximum atomic E-state index is 11.0. The van der Waals surface area contributed by atoms with E-state index in [0.29, 0.717) is 5.75 Å². The van der Waals surface area contributed by atoms with Gasteiger partial charge >= 0.3 is 5.97 Å². The van der Waals surface area contributed by atoms with E-state index in [1.807, 2.05) is 25.1 Å². The first-order valence-electron chi connectivity index (χ1n) is 6.04. The highest BCUT2D eigenvalue weighted by molar-refractivity contribution is 5.69. The maximum absolute atomic E-state index is 11.0. The summed E-state index contributed by atoms with van der Waals surface area (Å²) >= 11 is 0. The Bertz CT molecular complexity index is 360. The monoisotopic (exact) mass is 236 g/mol. The molecule has 0 bridgehead atoms. The molecule has 1 aromatic rings. The van der Waals surface area contributed by atoms with Crippen LogP contribution in [0, 0.1) is 0 Å². The lowest BCUT2D eigenvalue weighted by Gasteiger charge is -2.16. The average molecular weight is 236 g/mol. The van der Waals surface area contributed by atoms with Crippen molar-refractivity contribution in [3.05, 3.63) is 29.8 Å². The summed E-state index contributed by atoms with van der Waals surface area (Å²) < 4.78 is 10.9. The van der Waals surface area contributed by atoms with Crippen LogP contribution in [0.15, 0.2) is 24.3 Å². The Labute approximate surface area is 103 Å². The lowest BCUT2D eigenvalue weighted by atomic mass is 10.1. The fourth-order valence-corrected chi connectivity index (χ4v) is 1.56. The van der Waals surface area contributed by atoms with Gasteiger partial charge in [0.25, 0.3) is 0 Å². The molecule has 17 heavy (non-hydrogen) atoms. The van der Waals surface area contributed by atoms with E-state index in [-0.39, 0.29) is 12.1 Å². The molecule has 0 amide bonds. The number of hydrogen-bond acceptors (Lipinski definition) is 3. The van der Waals surface area contributed by atoms with Gasteiger partial charge in [0.1, 0.15) is 5.75 Å². The molecule has 0 aliphatic rings. The molecule has 1 atom stereocenters. The average Bonchev–Trinajstić information content (AvgIpc) is 2.29. The number of carbonyl (C=O) groups excluding carboxylic acids is 1. The Balaban J connectivity index is 2.70. The molecule has 1 aromatic carbocycles. The van der Waals surface area contributed by atoms with Crippen LogP contribution in [0.1, 0.15) is 45.3 Å². The van der Waals surface area contributed by atoms with Crippen molar-refractivity contribution in [3.8, 4) is 5.75 Å². The first-order chi connectivity index (χ1) is 8.15. The Morgan fingerprint density at radius 3 is 2.71 bits per heavy atom. The molecule has 3 nitrogen and oxygen atoms in total. The van der Waals surface area contributed by atoms with Crippen molar-refractivity contribution in [1.29, 1.82) is 0 Å². The number of esters is 1. The van der Waals surface area contributed by atoms with Crippen LogP contribution < -0.4 is 4.74 Å². The van der Waals surface area contributed by atoms with Crippen molar-refractivity contribution >= 4 is 5.97 Å². The molecule has 0 saturated heterocycles. The predicted octanol–water partition coefficient (Wildman–Crippen LogP) is 3.49. The van der Waals surface area contributed by atoms with Crippen molar-refractivity contribution in [3.63, 3.8) is 0 Å². The van der Waals surface area contributed by atoms with Gasteiger partial charge < -0.3 is 9.47 Å². The van der Waals surface area contributed by atoms with E-state index in [1.54, 1.807) is 6.07 Å². The van der Waals surface area contributed by atoms with E-state index in [2.05, 4.69) is 6.92 Å². The first-order valence-corrected chi connectivity index (χ1v) is 6.04. The Hall–Kier alpha value is -1.35. The van der Waals surface area contributed by atoms with Crippen LogP contribution in [0.2, 0.25) is 0 Å². The van der Waals surface area contributed by atoms with Gasteiger partial charge in [-0.05, 0) is 19.4 Å². The Morgan fingerprint density at radius 2 is 2.06 bits per heavy atom. The largest absolute Gasteiger partial charge is 0.426 e. The lowest BCUT2D eigenvalue weighted by Crippen LogP contribution is -2.07. The molecular formula is C14H20O3. The van der Waals surface area contributed by atoms with Gasteiger partial charge in [0.05, 0.1) is 6.10 Å². The highest BCUT2D eigenvalue weighted by atomic mass is 16.5. The number of rotatable bonds is 6. The summed E-state index contributed by atoms with van der Waals surface area (Å²) in [4.78, 5) is 11.0. The fourth-order valence-electron chi connectivity index (χ4n) is 1.56. The number of ether oxygens (including phenoxy) is 2. The number of hydrogen-bond donors (Lipinski definition) is 0. The normalized spacial score (nSPS) is 12.2. The molecule has 0 saturated carbocycles. The van der Waals surface area contributed by atoms with Gasteiger partial charge in [-0.3, -0.25) is 4.79 Å². The zero-order valence-corrected chi connectivity index (χ0v) is 10.7. The summed E-state index contributed by atoms with van der Waals surface area (Å²) in [6.07, 6.45) is 2.09. The minimum atomic E-state index is -0.307. The van der Waals surface area contributed by atoms with Crippen LogP contribution >= 0.6 is 0 Å². The summed E-state index contributed by atoms with van der Waals surface area (Å²) in [5, 5.41) is 0. The van der Waals surface area contributed by atoms with Crippen molar-refractivity contribution in [2.75, 3.05) is 6.61 Å². The maximum Gasteiger partial charge on any atom is 0.308 e. The lowest BCUT2D eigenvalue weighted by molar-refractivity contribution is -0.132. The van der Waals surface area contributed by atoms with E-state index in [1.165, 1.54) is 6.92 Å². The van der Waals surface area contributed by atoms with Gasteiger partial charge in [-0.25, -0.2) is 0 Å². The molecule has 0 N–H and O–H groups in total. The van der Waals surface area contributed by atoms with Crippen LogP contribution in [0.25, 0.3) is 0 Å². The molecule has 0 spiro atoms. The minimum absolute atomic E-state index is 0.0582. The van der Waals surface area contributed by atoms with E-state index in [0.717, 1.165) is 25.0 Å². The standard InChI is InChI=1S/C14H20O3/c1-4-5-10-16-11(2)13-8-6-7-9-14(13)17-12(3)15/h6-9,11H,4-5,10H2,1-3H3. The molecule has 1 unspecified atom stereocenters. The molecule has 0 aliphatic heterocycles. The molecule has 3 heteroatoms. The van der Waals surface area contributed by atoms with Gasteiger partial charge in [-0.2, -0.15) is 0 Å². The zero-order valence-electron chi connectivity index (χ0n) is 10.7. The quantitative estimate of drug-likeness (QED) is 0.431. The fraction of sp³-hybridized carbons (Fsp3) is 0.500. The van der Waals surface area contributed by atoms with Crippen molar-refractivity contribution in [1.82, 2.24) is 0 Å². The second kappa shape index (κ2) is 7.07. The molecule has 0 fully saturated rings. The van der Waals surface area contributed by atoms with Crippen LogP contribution in [-0.2, 0) is 9.53 Å². The highest BCUT2D eigenvalue weighted by Crippen LogP contribution is 2.27.